The first-order valence-corrected chi connectivity index (χ1v) is 21.4. The van der Waals surface area contributed by atoms with Crippen LogP contribution in [0.5, 0.6) is 0 Å². The molecule has 3 aromatic rings. The van der Waals surface area contributed by atoms with Gasteiger partial charge in [-0.15, -0.1) is 5.10 Å². The highest BCUT2D eigenvalue weighted by atomic mass is 32.2. The second-order valence-corrected chi connectivity index (χ2v) is 17.0. The monoisotopic (exact) mass is 735 g/mol. The number of hydrogen-bond donors (Lipinski definition) is 2. The number of hydrogen-bond acceptors (Lipinski definition) is 9. The molecule has 282 valence electrons. The quantitative estimate of drug-likeness (QED) is 0.0576. The molecule has 0 spiro atoms. The number of likely N-dealkylation sites (N-methyl/N-ethyl adjacent to an activating group) is 1. The van der Waals surface area contributed by atoms with Gasteiger partial charge in [0.05, 0.1) is 30.3 Å². The highest BCUT2D eigenvalue weighted by Crippen LogP contribution is 2.43. The summed E-state index contributed by atoms with van der Waals surface area (Å²) in [5.74, 6) is 0. The lowest BCUT2D eigenvalue weighted by Crippen LogP contribution is -2.26. The number of anilines is 1. The zero-order chi connectivity index (χ0) is 36.2. The molecular weight excluding hydrogens is 673 g/mol. The Kier molecular flexibility index (Phi) is 18.9. The summed E-state index contributed by atoms with van der Waals surface area (Å²) < 4.78 is 55.9. The van der Waals surface area contributed by atoms with Crippen LogP contribution in [0, 0.1) is 0 Å². The number of nitrogens with zero attached hydrogens (tertiary/aromatic N) is 5. The highest BCUT2D eigenvalue weighted by molar-refractivity contribution is 7.89. The van der Waals surface area contributed by atoms with Crippen LogP contribution < -0.4 is 14.7 Å². The van der Waals surface area contributed by atoms with Gasteiger partial charge in [0.2, 0.25) is 10.0 Å². The fourth-order valence-corrected chi connectivity index (χ4v) is 8.33. The van der Waals surface area contributed by atoms with E-state index in [4.69, 9.17) is 9.05 Å². The lowest BCUT2D eigenvalue weighted by molar-refractivity contribution is 0.187. The maximum absolute atomic E-state index is 13.5. The Labute approximate surface area is 301 Å². The van der Waals surface area contributed by atoms with Crippen molar-refractivity contribution in [2.24, 2.45) is 0 Å². The molecule has 3 rings (SSSR count). The molecule has 1 aromatic heterocycles. The van der Waals surface area contributed by atoms with Crippen molar-refractivity contribution < 1.29 is 22.0 Å². The van der Waals surface area contributed by atoms with E-state index < -0.39 is 17.8 Å². The summed E-state index contributed by atoms with van der Waals surface area (Å²) in [4.78, 5) is 4.19. The fourth-order valence-electron chi connectivity index (χ4n) is 5.74. The van der Waals surface area contributed by atoms with Crippen LogP contribution in [0.3, 0.4) is 0 Å². The fraction of sp³-hybridized carbons (Fsp3) is 0.667. The third kappa shape index (κ3) is 15.1. The third-order valence-corrected chi connectivity index (χ3v) is 11.7. The van der Waals surface area contributed by atoms with Gasteiger partial charge >= 0.3 is 7.75 Å². The van der Waals surface area contributed by atoms with E-state index >= 15 is 0 Å². The SMILES string of the molecule is CCCCCCCCCCCCCCOP(=O)(NCCN(C)C)OCCCn1cc(CNS(=O)(=O)c2cccc3c(N(C)C)cccc23)nn1. The minimum absolute atomic E-state index is 0.000550. The average molecular weight is 736 g/mol. The Morgan fingerprint density at radius 2 is 1.40 bits per heavy atom. The predicted octanol–water partition coefficient (Wildman–Crippen LogP) is 7.36. The second kappa shape index (κ2) is 22.5. The first-order chi connectivity index (χ1) is 24.0. The molecule has 0 aliphatic carbocycles. The number of nitrogens with one attached hydrogen (secondary N) is 2. The molecule has 0 amide bonds. The molecule has 1 unspecified atom stereocenters. The minimum atomic E-state index is -3.81. The van der Waals surface area contributed by atoms with Crippen molar-refractivity contribution in [3.05, 3.63) is 48.3 Å². The van der Waals surface area contributed by atoms with Gasteiger partial charge in [0.1, 0.15) is 0 Å². The first kappa shape index (κ1) is 42.0. The van der Waals surface area contributed by atoms with E-state index in [-0.39, 0.29) is 18.0 Å². The first-order valence-electron chi connectivity index (χ1n) is 18.4. The van der Waals surface area contributed by atoms with Crippen LogP contribution in [0.25, 0.3) is 10.8 Å². The number of benzene rings is 2. The lowest BCUT2D eigenvalue weighted by Gasteiger charge is -2.20. The Bertz CT molecular complexity index is 1550. The summed E-state index contributed by atoms with van der Waals surface area (Å²) in [5, 5.41) is 12.8. The van der Waals surface area contributed by atoms with E-state index in [0.29, 0.717) is 43.7 Å². The van der Waals surface area contributed by atoms with Gasteiger partial charge in [0.25, 0.3) is 0 Å². The van der Waals surface area contributed by atoms with Crippen molar-refractivity contribution in [2.45, 2.75) is 108 Å². The standard InChI is InChI=1S/C36H62N7O5PS/c1-6-7-8-9-10-11-12-13-14-15-16-17-28-47-49(44,37-25-27-41(2)3)48-29-20-26-43-31-32(39-40-43)30-38-50(45,46)36-24-19-21-33-34(36)22-18-23-35(33)42(4)5/h18-19,21-24,31,38H,6-17,20,25-30H2,1-5H3,(H,37,44). The van der Waals surface area contributed by atoms with Gasteiger partial charge < -0.3 is 9.80 Å². The van der Waals surface area contributed by atoms with E-state index in [1.165, 1.54) is 64.2 Å². The average Bonchev–Trinajstić information content (AvgIpc) is 3.55. The van der Waals surface area contributed by atoms with Crippen molar-refractivity contribution in [1.82, 2.24) is 29.7 Å². The van der Waals surface area contributed by atoms with Crippen LogP contribution in [-0.4, -0.2) is 82.8 Å². The number of unbranched alkanes of at least 4 members (excludes halogenated alkanes) is 11. The summed E-state index contributed by atoms with van der Waals surface area (Å²) in [6, 6.07) is 10.9. The molecule has 50 heavy (non-hydrogen) atoms. The van der Waals surface area contributed by atoms with Gasteiger partial charge in [-0.3, -0.25) is 13.7 Å². The van der Waals surface area contributed by atoms with Gasteiger partial charge in [0, 0.05) is 56.4 Å². The van der Waals surface area contributed by atoms with Crippen LogP contribution in [0.1, 0.15) is 96.1 Å². The molecule has 0 saturated carbocycles. The second-order valence-electron chi connectivity index (χ2n) is 13.4. The smallest absolute Gasteiger partial charge is 0.377 e. The maximum atomic E-state index is 13.5. The van der Waals surface area contributed by atoms with Crippen molar-refractivity contribution in [2.75, 3.05) is 59.4 Å². The summed E-state index contributed by atoms with van der Waals surface area (Å²) in [7, 11) is 0.512. The lowest BCUT2D eigenvalue weighted by atomic mass is 10.1. The molecule has 12 nitrogen and oxygen atoms in total. The van der Waals surface area contributed by atoms with Gasteiger partial charge in [0.15, 0.2) is 0 Å². The van der Waals surface area contributed by atoms with E-state index in [9.17, 15) is 13.0 Å². The molecule has 0 saturated heterocycles. The molecular formula is C36H62N7O5PS. The van der Waals surface area contributed by atoms with Crippen molar-refractivity contribution in [3.63, 3.8) is 0 Å². The normalized spacial score (nSPS) is 13.3. The Balaban J connectivity index is 1.40. The molecule has 0 fully saturated rings. The number of rotatable bonds is 28. The molecule has 2 aromatic carbocycles. The number of aryl methyl sites for hydroxylation is 1. The topological polar surface area (TPSA) is 131 Å². The summed E-state index contributed by atoms with van der Waals surface area (Å²) in [5.41, 5.74) is 1.43. The molecule has 0 aliphatic heterocycles. The third-order valence-electron chi connectivity index (χ3n) is 8.58. The minimum Gasteiger partial charge on any atom is -0.377 e. The van der Waals surface area contributed by atoms with Crippen LogP contribution in [0.15, 0.2) is 47.5 Å². The maximum Gasteiger partial charge on any atom is 0.405 e. The number of aromatic nitrogens is 3. The highest BCUT2D eigenvalue weighted by Gasteiger charge is 2.24. The van der Waals surface area contributed by atoms with Crippen LogP contribution in [0.2, 0.25) is 0 Å². The Hall–Kier alpha value is -2.38. The summed E-state index contributed by atoms with van der Waals surface area (Å²) in [6.45, 7) is 4.52. The van der Waals surface area contributed by atoms with Gasteiger partial charge in [-0.2, -0.15) is 0 Å². The Morgan fingerprint density at radius 3 is 2.04 bits per heavy atom. The van der Waals surface area contributed by atoms with Crippen molar-refractivity contribution in [1.29, 1.82) is 0 Å². The number of sulfonamides is 1. The van der Waals surface area contributed by atoms with E-state index in [2.05, 4.69) is 27.0 Å². The zero-order valence-corrected chi connectivity index (χ0v) is 32.8. The molecule has 0 bridgehead atoms. The summed E-state index contributed by atoms with van der Waals surface area (Å²) >= 11 is 0. The van der Waals surface area contributed by atoms with Crippen molar-refractivity contribution >= 4 is 34.2 Å². The van der Waals surface area contributed by atoms with E-state index in [1.54, 1.807) is 23.0 Å². The Morgan fingerprint density at radius 1 is 0.800 bits per heavy atom. The zero-order valence-electron chi connectivity index (χ0n) is 31.1. The van der Waals surface area contributed by atoms with Crippen molar-refractivity contribution in [3.8, 4) is 0 Å². The van der Waals surface area contributed by atoms with Gasteiger partial charge in [-0.25, -0.2) is 22.8 Å². The van der Waals surface area contributed by atoms with Crippen LogP contribution in [-0.2, 0) is 36.7 Å². The molecule has 1 atom stereocenters. The molecule has 0 aliphatic rings. The predicted molar refractivity (Wildman–Crippen MR) is 204 cm³/mol. The summed E-state index contributed by atoms with van der Waals surface area (Å²) in [6.07, 6.45) is 17.3. The molecule has 14 heteroatoms. The molecule has 0 radical (unpaired) electrons. The van der Waals surface area contributed by atoms with E-state index in [0.717, 1.165) is 23.9 Å². The number of fused-ring (bicyclic) bond motifs is 1. The largest absolute Gasteiger partial charge is 0.405 e. The van der Waals surface area contributed by atoms with Crippen LogP contribution in [0.4, 0.5) is 5.69 Å². The van der Waals surface area contributed by atoms with Gasteiger partial charge in [-0.1, -0.05) is 107 Å². The van der Waals surface area contributed by atoms with Gasteiger partial charge in [-0.05, 0) is 39.1 Å². The van der Waals surface area contributed by atoms with E-state index in [1.807, 2.05) is 62.3 Å². The molecule has 1 heterocycles. The van der Waals surface area contributed by atoms with Crippen LogP contribution >= 0.6 is 7.75 Å². The molecule has 2 N–H and O–H groups in total.